The van der Waals surface area contributed by atoms with Crippen molar-refractivity contribution in [3.05, 3.63) is 53.5 Å². The van der Waals surface area contributed by atoms with Gasteiger partial charge >= 0.3 is 6.01 Å². The van der Waals surface area contributed by atoms with E-state index in [-0.39, 0.29) is 18.9 Å². The van der Waals surface area contributed by atoms with Crippen molar-refractivity contribution in [2.24, 2.45) is 5.16 Å². The third-order valence-corrected chi connectivity index (χ3v) is 5.62. The van der Waals surface area contributed by atoms with Gasteiger partial charge in [-0.15, -0.1) is 0 Å². The first-order valence-electron chi connectivity index (χ1n) is 15.1. The Kier molecular flexibility index (Phi) is 22.3. The van der Waals surface area contributed by atoms with Gasteiger partial charge in [0.2, 0.25) is 5.91 Å². The van der Waals surface area contributed by atoms with Crippen molar-refractivity contribution in [3.63, 3.8) is 0 Å². The minimum Gasteiger partial charge on any atom is -0.494 e. The molecule has 2 aromatic rings. The third-order valence-electron chi connectivity index (χ3n) is 5.62. The van der Waals surface area contributed by atoms with Gasteiger partial charge in [-0.25, -0.2) is 4.39 Å². The van der Waals surface area contributed by atoms with Crippen molar-refractivity contribution < 1.29 is 23.3 Å². The topological polar surface area (TPSA) is 93.3 Å². The van der Waals surface area contributed by atoms with Gasteiger partial charge in [-0.3, -0.25) is 4.79 Å². The number of piperidine rings is 1. The number of hydrogen-bond donors (Lipinski definition) is 0. The molecule has 0 aliphatic carbocycles. The lowest BCUT2D eigenvalue weighted by molar-refractivity contribution is -0.128. The lowest BCUT2D eigenvalue weighted by Crippen LogP contribution is -2.33. The van der Waals surface area contributed by atoms with Crippen LogP contribution in [0.4, 0.5) is 10.4 Å². The van der Waals surface area contributed by atoms with Crippen molar-refractivity contribution in [3.8, 4) is 5.75 Å². The molecular formula is C32H52FN5O4S. The Balaban J connectivity index is 0.000000719. The largest absolute Gasteiger partial charge is 0.494 e. The van der Waals surface area contributed by atoms with Crippen LogP contribution >= 0.6 is 11.8 Å². The number of hydrogen-bond acceptors (Lipinski definition) is 9. The monoisotopic (exact) mass is 621 g/mol. The summed E-state index contributed by atoms with van der Waals surface area (Å²) >= 11 is 1.75. The lowest BCUT2D eigenvalue weighted by Gasteiger charge is -2.23. The standard InChI is InChI=1S/C16H17FN2O3.C10H17N3O.C2H6S.2C2H6/c1-3-21-14-7-6-12(15(17)10-14)9-16(20)19(2)11-13-5-4-8-22-18-13;1-8(2)9-11-10(14-12-9)13-6-4-3-5-7-13;1-3-2;2*1-2/h5-8,10H,3,9,11H2,1-2H3;8H,3-7H2,1-2H3;1-2H3;2*1-2H3. The molecule has 0 saturated carbocycles. The molecule has 0 atom stereocenters. The maximum Gasteiger partial charge on any atom is 0.324 e. The van der Waals surface area contributed by atoms with Crippen LogP contribution in [0.2, 0.25) is 0 Å². The molecule has 43 heavy (non-hydrogen) atoms. The Morgan fingerprint density at radius 1 is 1.16 bits per heavy atom. The molecule has 9 nitrogen and oxygen atoms in total. The molecule has 242 valence electrons. The molecule has 1 saturated heterocycles. The molecule has 1 aromatic heterocycles. The summed E-state index contributed by atoms with van der Waals surface area (Å²) in [7, 11) is 1.63. The van der Waals surface area contributed by atoms with E-state index in [1.165, 1.54) is 36.5 Å². The van der Waals surface area contributed by atoms with E-state index in [0.29, 0.717) is 35.6 Å². The number of amides is 1. The molecule has 1 amide bonds. The fourth-order valence-corrected chi connectivity index (χ4v) is 3.59. The van der Waals surface area contributed by atoms with Gasteiger partial charge in [0.25, 0.3) is 0 Å². The van der Waals surface area contributed by atoms with E-state index in [9.17, 15) is 9.18 Å². The molecule has 0 radical (unpaired) electrons. The quantitative estimate of drug-likeness (QED) is 0.280. The fourth-order valence-electron chi connectivity index (χ4n) is 3.59. The number of oxime groups is 1. The van der Waals surface area contributed by atoms with E-state index in [1.54, 1.807) is 37.0 Å². The Labute approximate surface area is 262 Å². The number of aromatic nitrogens is 2. The summed E-state index contributed by atoms with van der Waals surface area (Å²) in [5, 5.41) is 7.73. The number of halogens is 1. The number of carbonyl (C=O) groups is 1. The van der Waals surface area contributed by atoms with Gasteiger partial charge in [-0.1, -0.05) is 63.7 Å². The zero-order chi connectivity index (χ0) is 32.6. The molecule has 1 aromatic carbocycles. The van der Waals surface area contributed by atoms with Crippen molar-refractivity contribution in [1.29, 1.82) is 0 Å². The molecule has 1 fully saturated rings. The zero-order valence-electron chi connectivity index (χ0n) is 27.8. The molecule has 0 bridgehead atoms. The average molecular weight is 622 g/mol. The van der Waals surface area contributed by atoms with Crippen LogP contribution in [0.1, 0.15) is 85.0 Å². The first kappa shape index (κ1) is 39.7. The van der Waals surface area contributed by atoms with Gasteiger partial charge in [0.05, 0.1) is 19.6 Å². The Bertz CT molecular complexity index is 1130. The molecule has 0 unspecified atom stereocenters. The van der Waals surface area contributed by atoms with Gasteiger partial charge in [0.15, 0.2) is 12.1 Å². The van der Waals surface area contributed by atoms with Crippen molar-refractivity contribution in [2.45, 2.75) is 80.1 Å². The summed E-state index contributed by atoms with van der Waals surface area (Å²) in [6.07, 6.45) is 10.8. The number of likely N-dealkylation sites (N-methyl/N-ethyl adjacent to an activating group) is 1. The lowest BCUT2D eigenvalue weighted by atomic mass is 10.1. The Morgan fingerprint density at radius 3 is 2.33 bits per heavy atom. The van der Waals surface area contributed by atoms with Crippen LogP contribution in [0.3, 0.4) is 0 Å². The number of nitrogens with zero attached hydrogens (tertiary/aromatic N) is 5. The molecule has 4 rings (SSSR count). The highest BCUT2D eigenvalue weighted by Crippen LogP contribution is 2.20. The second-order valence-electron chi connectivity index (χ2n) is 9.28. The number of carbonyl (C=O) groups excluding carboxylic acids is 1. The van der Waals surface area contributed by atoms with Gasteiger partial charge in [-0.05, 0) is 50.3 Å². The molecule has 0 spiro atoms. The number of ether oxygens (including phenoxy) is 1. The van der Waals surface area contributed by atoms with Crippen LogP contribution in [0.15, 0.2) is 45.9 Å². The second kappa shape index (κ2) is 24.2. The fraction of sp³-hybridized carbons (Fsp3) is 0.594. The summed E-state index contributed by atoms with van der Waals surface area (Å²) in [5.41, 5.74) is 3.65. The number of rotatable bonds is 8. The second-order valence-corrected chi connectivity index (χ2v) is 10.1. The molecule has 2 aliphatic heterocycles. The van der Waals surface area contributed by atoms with Crippen LogP contribution in [-0.4, -0.2) is 72.5 Å². The van der Waals surface area contributed by atoms with Gasteiger partial charge < -0.3 is 23.9 Å². The first-order valence-corrected chi connectivity index (χ1v) is 16.7. The van der Waals surface area contributed by atoms with Crippen LogP contribution in [0.5, 0.6) is 5.75 Å². The molecular weight excluding hydrogens is 569 g/mol. The molecule has 11 heteroatoms. The summed E-state index contributed by atoms with van der Waals surface area (Å²) in [6.45, 7) is 16.8. The number of anilines is 1. The third kappa shape index (κ3) is 15.7. The minimum absolute atomic E-state index is 0.0254. The van der Waals surface area contributed by atoms with Crippen LogP contribution in [0, 0.1) is 5.82 Å². The molecule has 2 aliphatic rings. The maximum absolute atomic E-state index is 13.9. The Hall–Kier alpha value is -3.30. The van der Waals surface area contributed by atoms with E-state index in [2.05, 4.69) is 39.8 Å². The van der Waals surface area contributed by atoms with Gasteiger partial charge in [0.1, 0.15) is 17.3 Å². The predicted molar refractivity (Wildman–Crippen MR) is 177 cm³/mol. The van der Waals surface area contributed by atoms with E-state index < -0.39 is 5.82 Å². The minimum atomic E-state index is -0.450. The number of thioether (sulfide) groups is 1. The average Bonchev–Trinajstić information content (AvgIpc) is 3.54. The zero-order valence-corrected chi connectivity index (χ0v) is 28.6. The highest BCUT2D eigenvalue weighted by atomic mass is 32.2. The van der Waals surface area contributed by atoms with Crippen LogP contribution in [-0.2, 0) is 16.1 Å². The smallest absolute Gasteiger partial charge is 0.324 e. The van der Waals surface area contributed by atoms with Crippen molar-refractivity contribution in [2.75, 3.05) is 50.7 Å². The molecule has 3 heterocycles. The summed E-state index contributed by atoms with van der Waals surface area (Å²) in [5.74, 6) is 0.945. The van der Waals surface area contributed by atoms with Crippen molar-refractivity contribution in [1.82, 2.24) is 15.0 Å². The van der Waals surface area contributed by atoms with Crippen LogP contribution in [0.25, 0.3) is 0 Å². The normalized spacial score (nSPS) is 12.9. The SMILES string of the molecule is CC.CC.CC(C)c1noc(N2CCCCC2)n1.CCOc1ccc(CC(=O)N(C)CC2=NOC=C=C2)c(F)c1.CSC. The predicted octanol–water partition coefficient (Wildman–Crippen LogP) is 7.50. The first-order chi connectivity index (χ1) is 20.8. The Morgan fingerprint density at radius 2 is 1.81 bits per heavy atom. The highest BCUT2D eigenvalue weighted by Gasteiger charge is 2.18. The van der Waals surface area contributed by atoms with Crippen LogP contribution < -0.4 is 9.64 Å². The maximum atomic E-state index is 13.9. The van der Waals surface area contributed by atoms with E-state index in [0.717, 1.165) is 18.9 Å². The summed E-state index contributed by atoms with van der Waals surface area (Å²) < 4.78 is 24.4. The summed E-state index contributed by atoms with van der Waals surface area (Å²) in [4.78, 5) is 24.9. The van der Waals surface area contributed by atoms with Gasteiger partial charge in [-0.2, -0.15) is 16.7 Å². The van der Waals surface area contributed by atoms with E-state index >= 15 is 0 Å². The molecule has 0 N–H and O–H groups in total. The van der Waals surface area contributed by atoms with Crippen molar-refractivity contribution >= 4 is 29.4 Å². The highest BCUT2D eigenvalue weighted by molar-refractivity contribution is 7.97. The van der Waals surface area contributed by atoms with Gasteiger partial charge in [0, 0.05) is 38.2 Å². The van der Waals surface area contributed by atoms with E-state index in [1.807, 2.05) is 47.1 Å². The summed E-state index contributed by atoms with van der Waals surface area (Å²) in [6, 6.07) is 5.21. The number of benzene rings is 1. The van der Waals surface area contributed by atoms with E-state index in [4.69, 9.17) is 14.1 Å².